The molecule has 0 radical (unpaired) electrons. The second-order valence-electron chi connectivity index (χ2n) is 40.2. The maximum Gasteiger partial charge on any atom is 0.426 e. The highest BCUT2D eigenvalue weighted by atomic mass is 35.5. The molecule has 19 heterocycles. The van der Waals surface area contributed by atoms with Crippen LogP contribution in [0.15, 0.2) is 256 Å². The minimum atomic E-state index is -1.52. The number of hydrogen-bond acceptors (Lipinski definition) is 33. The van der Waals surface area contributed by atoms with Crippen LogP contribution in [0.4, 0.5) is 11.6 Å². The molecule has 11 aromatic heterocycles. The fourth-order valence-electron chi connectivity index (χ4n) is 21.1. The maximum atomic E-state index is 11.0. The SMILES string of the molecule is CB1OB(C)OB(C)O1.CC1(C)O[C@H]2[C@H](n3ccc4c(Cl)ncnc43)O[C@H](CO)[C@@]2(C)O1.Cc1ccc2ccc(O)cc2n1.Cc1ncnc2c1ccn2[C@@H]1O[C@H](CO)[C@@]2(C)OC(C)(C)O[C@@H]12.Cc1ncnc2c1ccn2[C@@H]1O[C@H](COc2ccc3ccc(N)nc3c2)[C@@](C)(O)[C@H]1O.Cc1ncnc2c1ccn2[C@@H]1O[C@H](COc2ccc3ccc(NC(c4ccccc4)(c4ccccc4)c4ccccc4)nc3c2)C2OC(C)(C)O[C@H]21. The number of halogens is 1. The number of nitrogens with one attached hydrogen (secondary N) is 1. The first-order valence-electron chi connectivity index (χ1n) is 49.8. The van der Waals surface area contributed by atoms with Crippen molar-refractivity contribution in [1.82, 2.24) is 73.1 Å². The van der Waals surface area contributed by atoms with Gasteiger partial charge in [0.15, 0.2) is 42.3 Å². The van der Waals surface area contributed by atoms with Gasteiger partial charge in [-0.25, -0.2) is 49.8 Å². The zero-order valence-corrected chi connectivity index (χ0v) is 86.6. The lowest BCUT2D eigenvalue weighted by molar-refractivity contribution is -0.214. The van der Waals surface area contributed by atoms with Gasteiger partial charge in [0, 0.05) is 81.0 Å². The number of aromatic hydroxyl groups is 1. The first kappa shape index (κ1) is 104. The number of benzene rings is 6. The van der Waals surface area contributed by atoms with E-state index in [1.807, 2.05) is 239 Å². The second kappa shape index (κ2) is 41.9. The van der Waals surface area contributed by atoms with E-state index in [1.54, 1.807) is 54.6 Å². The van der Waals surface area contributed by atoms with Crippen LogP contribution in [0.25, 0.3) is 76.8 Å². The lowest BCUT2D eigenvalue weighted by Crippen LogP contribution is -2.47. The molecule has 8 saturated heterocycles. The Morgan fingerprint density at radius 2 is 0.833 bits per heavy atom. The molecule has 776 valence electrons. The molecule has 8 aliphatic heterocycles. The summed E-state index contributed by atoms with van der Waals surface area (Å²) in [6, 6.07) is 67.6. The fraction of sp³-hybridized carbons (Fsp3) is 0.367. The van der Waals surface area contributed by atoms with Crippen LogP contribution < -0.4 is 20.5 Å². The maximum absolute atomic E-state index is 11.0. The predicted molar refractivity (Wildman–Crippen MR) is 564 cm³/mol. The molecule has 8 fully saturated rings. The Labute approximate surface area is 871 Å². The average molecular weight is 2060 g/mol. The van der Waals surface area contributed by atoms with E-state index in [-0.39, 0.29) is 84.1 Å². The number of aryl methyl sites for hydroxylation is 4. The molecule has 0 aliphatic carbocycles. The molecular formula is C109H119B3ClN17O20. The largest absolute Gasteiger partial charge is 0.508 e. The number of phenolic OH excluding ortho intramolecular Hbond substituents is 1. The van der Waals surface area contributed by atoms with Crippen molar-refractivity contribution in [2.75, 3.05) is 37.5 Å². The highest BCUT2D eigenvalue weighted by Gasteiger charge is 2.66. The Hall–Kier alpha value is -13.2. The number of fused-ring (bicyclic) bond motifs is 10. The van der Waals surface area contributed by atoms with Gasteiger partial charge < -0.3 is 125 Å². The number of phenols is 1. The van der Waals surface area contributed by atoms with Crippen molar-refractivity contribution in [3.63, 3.8) is 0 Å². The Morgan fingerprint density at radius 1 is 0.427 bits per heavy atom. The van der Waals surface area contributed by atoms with Crippen molar-refractivity contribution in [2.45, 2.75) is 230 Å². The number of hydrogen-bond donors (Lipinski definition) is 7. The number of ether oxygens (including phenoxy) is 12. The van der Waals surface area contributed by atoms with Crippen LogP contribution in [0.2, 0.25) is 25.6 Å². The minimum absolute atomic E-state index is 0.0432. The van der Waals surface area contributed by atoms with Crippen LogP contribution in [0, 0.1) is 27.7 Å². The summed E-state index contributed by atoms with van der Waals surface area (Å²) in [5.74, 6) is 0.465. The van der Waals surface area contributed by atoms with Gasteiger partial charge in [-0.2, -0.15) is 0 Å². The number of aliphatic hydroxyl groups is 4. The summed E-state index contributed by atoms with van der Waals surface area (Å²) in [5.41, 5.74) is 14.3. The van der Waals surface area contributed by atoms with E-state index >= 15 is 0 Å². The summed E-state index contributed by atoms with van der Waals surface area (Å²) in [7, 11) is -0.406. The van der Waals surface area contributed by atoms with Gasteiger partial charge in [-0.05, 0) is 218 Å². The van der Waals surface area contributed by atoms with Crippen molar-refractivity contribution in [3.8, 4) is 17.2 Å². The van der Waals surface area contributed by atoms with Crippen molar-refractivity contribution >= 4 is 121 Å². The van der Waals surface area contributed by atoms with Gasteiger partial charge in [0.2, 0.25) is 0 Å². The fourth-order valence-corrected chi connectivity index (χ4v) is 21.3. The van der Waals surface area contributed by atoms with Crippen molar-refractivity contribution in [2.24, 2.45) is 0 Å². The topological polar surface area (TPSA) is 439 Å². The van der Waals surface area contributed by atoms with Crippen molar-refractivity contribution < 1.29 is 96.1 Å². The van der Waals surface area contributed by atoms with Crippen LogP contribution in [0.5, 0.6) is 17.2 Å². The van der Waals surface area contributed by atoms with Crippen LogP contribution >= 0.6 is 11.6 Å². The molecule has 41 heteroatoms. The molecule has 0 bridgehead atoms. The zero-order chi connectivity index (χ0) is 105. The first-order chi connectivity index (χ1) is 71.9. The molecule has 16 atom stereocenters. The van der Waals surface area contributed by atoms with Gasteiger partial charge in [0.1, 0.15) is 172 Å². The van der Waals surface area contributed by atoms with Gasteiger partial charge in [0.05, 0.1) is 52.2 Å². The number of aromatic nitrogens is 15. The number of anilines is 2. The Balaban J connectivity index is 0.000000119. The third-order valence-corrected chi connectivity index (χ3v) is 28.6. The highest BCUT2D eigenvalue weighted by molar-refractivity contribution is 6.72. The smallest absolute Gasteiger partial charge is 0.426 e. The van der Waals surface area contributed by atoms with Crippen LogP contribution in [0.1, 0.15) is 127 Å². The molecule has 37 nitrogen and oxygen atoms in total. The normalized spacial score (nSPS) is 25.7. The standard InChI is InChI=1S/C43H39N5O4.C22H23N5O4.C16H21N3O4.C15H18ClN3O4.C10H9NO.C3H9B3O3/c1-28-34-23-24-48(40(34)45-27-44-28)41-39-38(51-42(2,3)52-39)36(50-41)26-49-33-21-19-29-20-22-37(46-35(29)25-33)47-43(30-13-7-4-8-14-30,31-15-9-5-10-16-31)32-17-11-6-12-18-32;1-12-15-7-8-27(20(15)25-11-24-12)21-19(28)22(2,29)17(31-21)10-30-14-5-3-13-4-6-18(23)26-16(13)9-14;1-9-10-5-6-19(13(10)18-8-17-9)14-12-16(4,11(7-20)21-14)23-15(2,3)22-12;1-14(2)22-10-13(21-9(6-20)15(10,3)23-14)19-5-4-8-11(16)17-7-18-12(8)19;1-7-2-3-8-4-5-9(12)6-10(8)11-7;1-4-7-5(2)9-6(3)8-4/h4-25,27,36,38-39,41H,26H2,1-3H3,(H,46,47);3-9,11,17,19,21,28-29H,10H2,1-2H3,(H2,23,26);5-6,8,11-12,14,20H,7H2,1-4H3;4-5,7,9-10,13,20H,6H2,1-3H3;2-6,12H,1H3;1-3H3/t36-,38?,39-,41-;17-,19+,21-,22-;11-,12+,14-,16-;9-,10+,13-,15-;;/m1111../s1. The Kier molecular flexibility index (Phi) is 29.0. The zero-order valence-electron chi connectivity index (χ0n) is 85.8. The van der Waals surface area contributed by atoms with Crippen LogP contribution in [-0.4, -0.2) is 236 Å². The molecule has 0 spiro atoms. The van der Waals surface area contributed by atoms with E-state index in [9.17, 15) is 25.5 Å². The van der Waals surface area contributed by atoms with Crippen LogP contribution in [-0.2, 0) is 66.6 Å². The van der Waals surface area contributed by atoms with Gasteiger partial charge in [0.25, 0.3) is 0 Å². The molecule has 25 rings (SSSR count). The average Bonchev–Trinajstić information content (AvgIpc) is 1.57. The van der Waals surface area contributed by atoms with Gasteiger partial charge >= 0.3 is 21.4 Å². The first-order valence-corrected chi connectivity index (χ1v) is 50.2. The monoisotopic (exact) mass is 2050 g/mol. The third kappa shape index (κ3) is 20.7. The molecule has 1 unspecified atom stereocenters. The van der Waals surface area contributed by atoms with Gasteiger partial charge in [-0.3, -0.25) is 4.98 Å². The summed E-state index contributed by atoms with van der Waals surface area (Å²) in [4.78, 5) is 48.0. The number of pyridine rings is 3. The highest BCUT2D eigenvalue weighted by Crippen LogP contribution is 2.54. The molecular weight excluding hydrogens is 1940 g/mol. The van der Waals surface area contributed by atoms with Crippen LogP contribution in [0.3, 0.4) is 0 Å². The van der Waals surface area contributed by atoms with Crippen molar-refractivity contribution in [3.05, 3.63) is 301 Å². The number of nitrogens with zero attached hydrogens (tertiary/aromatic N) is 15. The minimum Gasteiger partial charge on any atom is -0.508 e. The lowest BCUT2D eigenvalue weighted by atomic mass is 9.74. The van der Waals surface area contributed by atoms with E-state index < -0.39 is 89.0 Å². The van der Waals surface area contributed by atoms with Gasteiger partial charge in [-0.1, -0.05) is 109 Å². The number of nitrogens with two attached hydrogens (primary N) is 1. The molecule has 150 heavy (non-hydrogen) atoms. The summed E-state index contributed by atoms with van der Waals surface area (Å²) in [6.07, 6.45) is 6.76. The molecule has 8 aliphatic rings. The van der Waals surface area contributed by atoms with Crippen molar-refractivity contribution in [1.29, 1.82) is 0 Å². The van der Waals surface area contributed by atoms with E-state index in [1.165, 1.54) is 12.7 Å². The molecule has 0 saturated carbocycles. The van der Waals surface area contributed by atoms with E-state index in [0.717, 1.165) is 105 Å². The molecule has 0 amide bonds. The quantitative estimate of drug-likeness (QED) is 0.0253. The number of aliphatic hydroxyl groups excluding tert-OH is 3. The summed E-state index contributed by atoms with van der Waals surface area (Å²) in [6.45, 7) is 30.1. The second-order valence-corrected chi connectivity index (χ2v) is 40.6. The summed E-state index contributed by atoms with van der Waals surface area (Å²) in [5, 5.41) is 61.3. The Morgan fingerprint density at radius 3 is 1.33 bits per heavy atom. The Bertz CT molecular complexity index is 7440. The van der Waals surface area contributed by atoms with Gasteiger partial charge in [-0.15, -0.1) is 0 Å². The predicted octanol–water partition coefficient (Wildman–Crippen LogP) is 16.2. The summed E-state index contributed by atoms with van der Waals surface area (Å²) >= 11 is 6.12. The third-order valence-electron chi connectivity index (χ3n) is 28.3. The van der Waals surface area contributed by atoms with E-state index in [4.69, 9.17) is 92.9 Å². The molecule has 6 aromatic carbocycles. The number of nitrogen functional groups attached to an aromatic ring is 1. The van der Waals surface area contributed by atoms with E-state index in [2.05, 4.69) is 134 Å². The molecule has 8 N–H and O–H groups in total. The summed E-state index contributed by atoms with van der Waals surface area (Å²) < 4.78 is 97.0. The van der Waals surface area contributed by atoms with E-state index in [0.29, 0.717) is 39.3 Å². The number of rotatable bonds is 17. The lowest BCUT2D eigenvalue weighted by Gasteiger charge is -2.37. The molecule has 17 aromatic rings.